The third kappa shape index (κ3) is 3.09. The van der Waals surface area contributed by atoms with Crippen LogP contribution in [0.4, 0.5) is 13.2 Å². The molecule has 0 heterocycles. The van der Waals surface area contributed by atoms with Crippen molar-refractivity contribution in [2.45, 2.75) is 31.5 Å². The van der Waals surface area contributed by atoms with Crippen molar-refractivity contribution in [3.05, 3.63) is 41.0 Å². The second-order valence-corrected chi connectivity index (χ2v) is 4.43. The molecule has 1 unspecified atom stereocenters. The van der Waals surface area contributed by atoms with Gasteiger partial charge in [-0.1, -0.05) is 23.8 Å². The largest absolute Gasteiger partial charge is 0.416 e. The van der Waals surface area contributed by atoms with Gasteiger partial charge in [0.2, 0.25) is 0 Å². The van der Waals surface area contributed by atoms with Crippen molar-refractivity contribution in [2.75, 3.05) is 0 Å². The van der Waals surface area contributed by atoms with E-state index in [0.717, 1.165) is 37.0 Å². The summed E-state index contributed by atoms with van der Waals surface area (Å²) in [6.07, 6.45) is 0.435. The maximum atomic E-state index is 12.3. The summed E-state index contributed by atoms with van der Waals surface area (Å²) in [6, 6.07) is 5.43. The predicted octanol–water partition coefficient (Wildman–Crippen LogP) is 3.60. The maximum Gasteiger partial charge on any atom is 0.416 e. The van der Waals surface area contributed by atoms with Gasteiger partial charge in [-0.3, -0.25) is 0 Å². The molecule has 0 radical (unpaired) electrons. The molecular weight excluding hydrogens is 227 g/mol. The molecule has 1 atom stereocenters. The molecule has 1 aromatic rings. The van der Waals surface area contributed by atoms with Crippen LogP contribution in [0, 0.1) is 0 Å². The van der Waals surface area contributed by atoms with Crippen molar-refractivity contribution < 1.29 is 13.2 Å². The topological polar surface area (TPSA) is 26.0 Å². The van der Waals surface area contributed by atoms with Gasteiger partial charge in [-0.2, -0.15) is 13.2 Å². The van der Waals surface area contributed by atoms with E-state index in [4.69, 9.17) is 5.73 Å². The van der Waals surface area contributed by atoms with E-state index < -0.39 is 11.7 Å². The average Bonchev–Trinajstić information content (AvgIpc) is 2.63. The summed E-state index contributed by atoms with van der Waals surface area (Å²) in [7, 11) is 0. The zero-order valence-corrected chi connectivity index (χ0v) is 9.30. The van der Waals surface area contributed by atoms with Crippen LogP contribution < -0.4 is 5.73 Å². The molecule has 1 fully saturated rings. The van der Waals surface area contributed by atoms with Gasteiger partial charge in [0.1, 0.15) is 0 Å². The van der Waals surface area contributed by atoms with Crippen molar-refractivity contribution in [1.82, 2.24) is 0 Å². The first-order chi connectivity index (χ1) is 7.95. The molecule has 17 heavy (non-hydrogen) atoms. The van der Waals surface area contributed by atoms with Crippen LogP contribution in [0.25, 0.3) is 6.08 Å². The van der Waals surface area contributed by atoms with Crippen molar-refractivity contribution in [3.8, 4) is 0 Å². The lowest BCUT2D eigenvalue weighted by Crippen LogP contribution is -2.13. The van der Waals surface area contributed by atoms with E-state index in [1.54, 1.807) is 0 Å². The minimum atomic E-state index is -4.26. The lowest BCUT2D eigenvalue weighted by atomic mass is 10.1. The fourth-order valence-electron chi connectivity index (χ4n) is 2.05. The SMILES string of the molecule is NC1CCC(=Cc2ccc(C(F)(F)F)cc2)C1. The summed E-state index contributed by atoms with van der Waals surface area (Å²) in [4.78, 5) is 0. The lowest BCUT2D eigenvalue weighted by Gasteiger charge is -2.06. The van der Waals surface area contributed by atoms with E-state index in [0.29, 0.717) is 0 Å². The number of alkyl halides is 3. The standard InChI is InChI=1S/C13H14F3N/c14-13(15,16)11-4-1-9(2-5-11)7-10-3-6-12(17)8-10/h1-2,4-5,7,12H,3,6,8,17H2. The van der Waals surface area contributed by atoms with E-state index in [9.17, 15) is 13.2 Å². The number of hydrogen-bond donors (Lipinski definition) is 1. The Kier molecular flexibility index (Phi) is 3.24. The molecule has 2 N–H and O–H groups in total. The second-order valence-electron chi connectivity index (χ2n) is 4.43. The van der Waals surface area contributed by atoms with Gasteiger partial charge in [0.25, 0.3) is 0 Å². The molecule has 0 aliphatic heterocycles. The molecular formula is C13H14F3N. The summed E-state index contributed by atoms with van der Waals surface area (Å²) in [6.45, 7) is 0. The molecule has 0 spiro atoms. The lowest BCUT2D eigenvalue weighted by molar-refractivity contribution is -0.137. The Labute approximate surface area is 98.1 Å². The van der Waals surface area contributed by atoms with Gasteiger partial charge in [-0.15, -0.1) is 0 Å². The Morgan fingerprint density at radius 3 is 2.29 bits per heavy atom. The third-order valence-corrected chi connectivity index (χ3v) is 2.97. The fraction of sp³-hybridized carbons (Fsp3) is 0.385. The smallest absolute Gasteiger partial charge is 0.327 e. The Morgan fingerprint density at radius 1 is 1.18 bits per heavy atom. The van der Waals surface area contributed by atoms with Gasteiger partial charge in [-0.05, 0) is 37.0 Å². The molecule has 0 bridgehead atoms. The average molecular weight is 241 g/mol. The van der Waals surface area contributed by atoms with Crippen molar-refractivity contribution in [3.63, 3.8) is 0 Å². The summed E-state index contributed by atoms with van der Waals surface area (Å²) >= 11 is 0. The molecule has 1 aliphatic carbocycles. The highest BCUT2D eigenvalue weighted by Crippen LogP contribution is 2.30. The molecule has 0 saturated heterocycles. The van der Waals surface area contributed by atoms with Gasteiger partial charge in [0.05, 0.1) is 5.56 Å². The number of nitrogens with two attached hydrogens (primary N) is 1. The van der Waals surface area contributed by atoms with Crippen LogP contribution in [0.2, 0.25) is 0 Å². The summed E-state index contributed by atoms with van der Waals surface area (Å²) in [5.74, 6) is 0. The van der Waals surface area contributed by atoms with E-state index >= 15 is 0 Å². The molecule has 1 nitrogen and oxygen atoms in total. The highest BCUT2D eigenvalue weighted by atomic mass is 19.4. The Hall–Kier alpha value is -1.29. The van der Waals surface area contributed by atoms with E-state index in [1.807, 2.05) is 6.08 Å². The first-order valence-electron chi connectivity index (χ1n) is 5.57. The zero-order valence-electron chi connectivity index (χ0n) is 9.30. The van der Waals surface area contributed by atoms with E-state index in [-0.39, 0.29) is 6.04 Å². The van der Waals surface area contributed by atoms with E-state index in [2.05, 4.69) is 0 Å². The Balaban J connectivity index is 2.14. The highest BCUT2D eigenvalue weighted by Gasteiger charge is 2.29. The number of rotatable bonds is 1. The molecule has 92 valence electrons. The molecule has 0 aromatic heterocycles. The Bertz CT molecular complexity index is 417. The van der Waals surface area contributed by atoms with Crippen molar-refractivity contribution >= 4 is 6.08 Å². The minimum absolute atomic E-state index is 0.204. The summed E-state index contributed by atoms with van der Waals surface area (Å²) in [5, 5.41) is 0. The number of benzene rings is 1. The summed E-state index contributed by atoms with van der Waals surface area (Å²) in [5.41, 5.74) is 7.19. The molecule has 1 saturated carbocycles. The molecule has 4 heteroatoms. The summed E-state index contributed by atoms with van der Waals surface area (Å²) < 4.78 is 37.0. The molecule has 2 rings (SSSR count). The van der Waals surface area contributed by atoms with Crippen LogP contribution >= 0.6 is 0 Å². The Morgan fingerprint density at radius 2 is 1.82 bits per heavy atom. The van der Waals surface area contributed by atoms with Crippen LogP contribution in [0.15, 0.2) is 29.8 Å². The molecule has 1 aliphatic rings. The third-order valence-electron chi connectivity index (χ3n) is 2.97. The number of hydrogen-bond acceptors (Lipinski definition) is 1. The quantitative estimate of drug-likeness (QED) is 0.798. The van der Waals surface area contributed by atoms with Crippen LogP contribution in [0.5, 0.6) is 0 Å². The minimum Gasteiger partial charge on any atom is -0.327 e. The van der Waals surface area contributed by atoms with Gasteiger partial charge in [0.15, 0.2) is 0 Å². The monoisotopic (exact) mass is 241 g/mol. The van der Waals surface area contributed by atoms with Crippen LogP contribution in [-0.2, 0) is 6.18 Å². The van der Waals surface area contributed by atoms with Crippen LogP contribution in [0.3, 0.4) is 0 Å². The first-order valence-corrected chi connectivity index (χ1v) is 5.57. The molecule has 1 aromatic carbocycles. The number of halogens is 3. The van der Waals surface area contributed by atoms with Gasteiger partial charge >= 0.3 is 6.18 Å². The van der Waals surface area contributed by atoms with E-state index in [1.165, 1.54) is 17.7 Å². The normalized spacial score (nSPS) is 23.3. The van der Waals surface area contributed by atoms with Gasteiger partial charge in [-0.25, -0.2) is 0 Å². The highest BCUT2D eigenvalue weighted by molar-refractivity contribution is 5.54. The van der Waals surface area contributed by atoms with Gasteiger partial charge < -0.3 is 5.73 Å². The van der Waals surface area contributed by atoms with Gasteiger partial charge in [0, 0.05) is 6.04 Å². The first kappa shape index (κ1) is 12.2. The fourth-order valence-corrected chi connectivity index (χ4v) is 2.05. The predicted molar refractivity (Wildman–Crippen MR) is 61.2 cm³/mol. The molecule has 0 amide bonds. The second kappa shape index (κ2) is 4.53. The zero-order chi connectivity index (χ0) is 12.5. The van der Waals surface area contributed by atoms with Crippen molar-refractivity contribution in [1.29, 1.82) is 0 Å². The van der Waals surface area contributed by atoms with Crippen molar-refractivity contribution in [2.24, 2.45) is 5.73 Å². The van der Waals surface area contributed by atoms with Crippen LogP contribution in [-0.4, -0.2) is 6.04 Å². The van der Waals surface area contributed by atoms with Crippen LogP contribution in [0.1, 0.15) is 30.4 Å². The maximum absolute atomic E-state index is 12.3.